The minimum Gasteiger partial charge on any atom is -0.361 e. The molecule has 1 aliphatic carbocycles. The van der Waals surface area contributed by atoms with Gasteiger partial charge in [0.1, 0.15) is 0 Å². The van der Waals surface area contributed by atoms with Crippen LogP contribution in [0, 0.1) is 5.92 Å². The molecule has 136 valence electrons. The quantitative estimate of drug-likeness (QED) is 0.922. The molecule has 0 saturated carbocycles. The summed E-state index contributed by atoms with van der Waals surface area (Å²) < 4.78 is 0. The summed E-state index contributed by atoms with van der Waals surface area (Å²) >= 11 is 0. The second kappa shape index (κ2) is 6.27. The third-order valence-electron chi connectivity index (χ3n) is 6.37. The molecule has 2 atom stereocenters. The Bertz CT molecular complexity index is 875. The van der Waals surface area contributed by atoms with E-state index in [0.717, 1.165) is 51.9 Å². The number of aromatic nitrogens is 1. The van der Waals surface area contributed by atoms with Gasteiger partial charge >= 0.3 is 0 Å². The number of rotatable bonds is 3. The summed E-state index contributed by atoms with van der Waals surface area (Å²) in [5, 5.41) is 1.36. The Hall–Kier alpha value is -2.07. The van der Waals surface area contributed by atoms with Gasteiger partial charge in [-0.1, -0.05) is 25.1 Å². The van der Waals surface area contributed by atoms with Crippen LogP contribution in [0.1, 0.15) is 37.3 Å². The number of H-pyrrole nitrogens is 1. The smallest absolute Gasteiger partial charge is 0.230 e. The van der Waals surface area contributed by atoms with Crippen LogP contribution in [0.25, 0.3) is 16.5 Å². The molecule has 1 fully saturated rings. The summed E-state index contributed by atoms with van der Waals surface area (Å²) in [6, 6.07) is 6.94. The monoisotopic (exact) mass is 349 g/mol. The lowest BCUT2D eigenvalue weighted by atomic mass is 9.79. The van der Waals surface area contributed by atoms with Gasteiger partial charge in [-0.2, -0.15) is 0 Å². The number of amides is 1. The van der Waals surface area contributed by atoms with Crippen molar-refractivity contribution in [2.24, 2.45) is 5.92 Å². The van der Waals surface area contributed by atoms with E-state index in [9.17, 15) is 4.79 Å². The molecule has 1 amide bonds. The van der Waals surface area contributed by atoms with Gasteiger partial charge in [-0.05, 0) is 55.0 Å². The van der Waals surface area contributed by atoms with Gasteiger partial charge in [-0.3, -0.25) is 9.69 Å². The molecular formula is C22H27N3O. The summed E-state index contributed by atoms with van der Waals surface area (Å²) in [5.74, 6) is 0.336. The second-order valence-corrected chi connectivity index (χ2v) is 8.02. The number of fused-ring (bicyclic) bond motifs is 2. The first-order chi connectivity index (χ1) is 12.8. The van der Waals surface area contributed by atoms with Crippen molar-refractivity contribution in [1.82, 2.24) is 14.8 Å². The van der Waals surface area contributed by atoms with Gasteiger partial charge in [0.05, 0.1) is 5.92 Å². The van der Waals surface area contributed by atoms with E-state index in [1.54, 1.807) is 0 Å². The zero-order valence-electron chi connectivity index (χ0n) is 15.5. The summed E-state index contributed by atoms with van der Waals surface area (Å²) in [7, 11) is 0. The fourth-order valence-electron chi connectivity index (χ4n) is 5.19. The molecule has 5 rings (SSSR count). The molecule has 0 spiro atoms. The number of likely N-dealkylation sites (tertiary alicyclic amines) is 1. The highest BCUT2D eigenvalue weighted by molar-refractivity contribution is 5.99. The minimum absolute atomic E-state index is 0.00153. The standard InChI is InChI=1S/C22H27N3O/c1-2-8-25-14-16(22(26)24-9-3-4-10-24)11-18-17-6-5-7-19-21(17)15(13-23-19)12-20(18)25/h5-7,11,13,16,20,23H,2-4,8-10,12,14H2,1H3/t16-,20?/m1/s1. The molecule has 1 aromatic heterocycles. The van der Waals surface area contributed by atoms with Crippen LogP contribution < -0.4 is 0 Å². The van der Waals surface area contributed by atoms with Crippen molar-refractivity contribution in [3.8, 4) is 0 Å². The summed E-state index contributed by atoms with van der Waals surface area (Å²) in [6.07, 6.45) is 8.97. The van der Waals surface area contributed by atoms with E-state index in [1.807, 2.05) is 0 Å². The van der Waals surface area contributed by atoms with Crippen molar-refractivity contribution in [1.29, 1.82) is 0 Å². The Morgan fingerprint density at radius 2 is 2.12 bits per heavy atom. The third-order valence-corrected chi connectivity index (χ3v) is 6.37. The molecule has 3 heterocycles. The molecule has 2 aliphatic heterocycles. The highest BCUT2D eigenvalue weighted by Crippen LogP contribution is 2.41. The fourth-order valence-corrected chi connectivity index (χ4v) is 5.19. The highest BCUT2D eigenvalue weighted by Gasteiger charge is 2.38. The predicted octanol–water partition coefficient (Wildman–Crippen LogP) is 3.44. The van der Waals surface area contributed by atoms with Crippen molar-refractivity contribution in [2.45, 2.75) is 38.6 Å². The van der Waals surface area contributed by atoms with Crippen LogP contribution in [0.2, 0.25) is 0 Å². The van der Waals surface area contributed by atoms with Crippen molar-refractivity contribution >= 4 is 22.4 Å². The Labute approximate surface area is 154 Å². The number of aromatic amines is 1. The average Bonchev–Trinajstić information content (AvgIpc) is 3.33. The number of hydrogen-bond donors (Lipinski definition) is 1. The number of benzene rings is 1. The predicted molar refractivity (Wildman–Crippen MR) is 105 cm³/mol. The van der Waals surface area contributed by atoms with E-state index in [1.165, 1.54) is 27.6 Å². The van der Waals surface area contributed by atoms with Crippen LogP contribution in [0.5, 0.6) is 0 Å². The number of nitrogens with zero attached hydrogens (tertiary/aromatic N) is 2. The Kier molecular flexibility index (Phi) is 3.89. The zero-order valence-corrected chi connectivity index (χ0v) is 15.5. The lowest BCUT2D eigenvalue weighted by molar-refractivity contribution is -0.133. The molecule has 0 bridgehead atoms. The molecule has 2 aromatic rings. The van der Waals surface area contributed by atoms with Crippen molar-refractivity contribution < 1.29 is 4.79 Å². The van der Waals surface area contributed by atoms with Crippen molar-refractivity contribution in [3.05, 3.63) is 41.6 Å². The minimum atomic E-state index is 0.00153. The molecule has 1 N–H and O–H groups in total. The molecule has 0 radical (unpaired) electrons. The van der Waals surface area contributed by atoms with E-state index in [-0.39, 0.29) is 5.92 Å². The van der Waals surface area contributed by atoms with Gasteiger partial charge in [0.15, 0.2) is 0 Å². The summed E-state index contributed by atoms with van der Waals surface area (Å²) in [4.78, 5) is 21.2. The largest absolute Gasteiger partial charge is 0.361 e. The Balaban J connectivity index is 1.59. The molecule has 3 aliphatic rings. The number of nitrogens with one attached hydrogen (secondary N) is 1. The van der Waals surface area contributed by atoms with Gasteiger partial charge in [-0.15, -0.1) is 0 Å². The van der Waals surface area contributed by atoms with Gasteiger partial charge in [0, 0.05) is 42.8 Å². The van der Waals surface area contributed by atoms with Crippen molar-refractivity contribution in [2.75, 3.05) is 26.2 Å². The molecular weight excluding hydrogens is 322 g/mol. The SMILES string of the molecule is CCCN1C[C@H](C(=O)N2CCCC2)C=C2c3cccc4[nH]cc(c34)CC21. The molecule has 1 saturated heterocycles. The molecule has 4 heteroatoms. The van der Waals surface area contributed by atoms with Crippen LogP contribution in [0.4, 0.5) is 0 Å². The summed E-state index contributed by atoms with van der Waals surface area (Å²) in [5.41, 5.74) is 5.34. The first-order valence-electron chi connectivity index (χ1n) is 10.1. The normalized spacial score (nSPS) is 25.4. The first kappa shape index (κ1) is 16.1. The number of carbonyl (C=O) groups is 1. The van der Waals surface area contributed by atoms with Crippen LogP contribution >= 0.6 is 0 Å². The maximum absolute atomic E-state index is 13.1. The Morgan fingerprint density at radius 1 is 1.27 bits per heavy atom. The lowest BCUT2D eigenvalue weighted by Crippen LogP contribution is -2.49. The van der Waals surface area contributed by atoms with E-state index in [4.69, 9.17) is 0 Å². The summed E-state index contributed by atoms with van der Waals surface area (Å²) in [6.45, 7) is 6.04. The zero-order chi connectivity index (χ0) is 17.7. The van der Waals surface area contributed by atoms with Crippen LogP contribution in [-0.4, -0.2) is 52.9 Å². The fraction of sp³-hybridized carbons (Fsp3) is 0.500. The van der Waals surface area contributed by atoms with Gasteiger partial charge < -0.3 is 9.88 Å². The third kappa shape index (κ3) is 2.43. The maximum atomic E-state index is 13.1. The second-order valence-electron chi connectivity index (χ2n) is 8.02. The topological polar surface area (TPSA) is 39.3 Å². The van der Waals surface area contributed by atoms with Gasteiger partial charge in [-0.25, -0.2) is 0 Å². The van der Waals surface area contributed by atoms with E-state index in [2.05, 4.69) is 52.2 Å². The maximum Gasteiger partial charge on any atom is 0.230 e. The molecule has 4 nitrogen and oxygen atoms in total. The molecule has 1 unspecified atom stereocenters. The number of carbonyl (C=O) groups excluding carboxylic acids is 1. The van der Waals surface area contributed by atoms with Crippen molar-refractivity contribution in [3.63, 3.8) is 0 Å². The van der Waals surface area contributed by atoms with Crippen LogP contribution in [0.3, 0.4) is 0 Å². The van der Waals surface area contributed by atoms with Crippen LogP contribution in [0.15, 0.2) is 30.5 Å². The van der Waals surface area contributed by atoms with E-state index < -0.39 is 0 Å². The van der Waals surface area contributed by atoms with E-state index in [0.29, 0.717) is 11.9 Å². The van der Waals surface area contributed by atoms with E-state index >= 15 is 0 Å². The Morgan fingerprint density at radius 3 is 2.92 bits per heavy atom. The average molecular weight is 349 g/mol. The number of hydrogen-bond acceptors (Lipinski definition) is 2. The lowest BCUT2D eigenvalue weighted by Gasteiger charge is -2.42. The van der Waals surface area contributed by atoms with Crippen LogP contribution in [-0.2, 0) is 11.2 Å². The molecule has 1 aromatic carbocycles. The van der Waals surface area contributed by atoms with Gasteiger partial charge in [0.25, 0.3) is 0 Å². The first-order valence-corrected chi connectivity index (χ1v) is 10.1. The highest BCUT2D eigenvalue weighted by atomic mass is 16.2. The molecule has 26 heavy (non-hydrogen) atoms. The van der Waals surface area contributed by atoms with Gasteiger partial charge in [0.2, 0.25) is 5.91 Å².